The standard InChI is InChI=1S/C15H30N2/c1-3-15(2)8-12-17(13-9-15)11-5-7-14-6-4-10-16-14/h14,16H,3-13H2,1-2H3. The molecular formula is C15H30N2. The quantitative estimate of drug-likeness (QED) is 0.792. The van der Waals surface area contributed by atoms with Crippen molar-refractivity contribution in [2.45, 2.75) is 64.8 Å². The first-order valence-electron chi connectivity index (χ1n) is 7.68. The van der Waals surface area contributed by atoms with Gasteiger partial charge in [0.2, 0.25) is 0 Å². The zero-order chi connectivity index (χ0) is 12.1. The largest absolute Gasteiger partial charge is 0.314 e. The molecule has 100 valence electrons. The highest BCUT2D eigenvalue weighted by Gasteiger charge is 2.27. The van der Waals surface area contributed by atoms with E-state index in [1.165, 1.54) is 71.1 Å². The van der Waals surface area contributed by atoms with E-state index in [-0.39, 0.29) is 0 Å². The monoisotopic (exact) mass is 238 g/mol. The Morgan fingerprint density at radius 2 is 2.06 bits per heavy atom. The van der Waals surface area contributed by atoms with Crippen LogP contribution >= 0.6 is 0 Å². The van der Waals surface area contributed by atoms with Crippen molar-refractivity contribution in [1.29, 1.82) is 0 Å². The van der Waals surface area contributed by atoms with Gasteiger partial charge in [-0.2, -0.15) is 0 Å². The maximum absolute atomic E-state index is 3.60. The minimum Gasteiger partial charge on any atom is -0.314 e. The smallest absolute Gasteiger partial charge is 0.00680 e. The van der Waals surface area contributed by atoms with Gasteiger partial charge < -0.3 is 10.2 Å². The van der Waals surface area contributed by atoms with Gasteiger partial charge in [0.25, 0.3) is 0 Å². The summed E-state index contributed by atoms with van der Waals surface area (Å²) in [5.41, 5.74) is 0.642. The lowest BCUT2D eigenvalue weighted by atomic mass is 9.78. The van der Waals surface area contributed by atoms with Crippen molar-refractivity contribution in [2.75, 3.05) is 26.2 Å². The van der Waals surface area contributed by atoms with Crippen molar-refractivity contribution in [3.63, 3.8) is 0 Å². The second kappa shape index (κ2) is 6.19. The van der Waals surface area contributed by atoms with Crippen molar-refractivity contribution in [2.24, 2.45) is 5.41 Å². The lowest BCUT2D eigenvalue weighted by Gasteiger charge is -2.39. The molecule has 1 atom stereocenters. The SMILES string of the molecule is CCC1(C)CCN(CCCC2CCCN2)CC1. The summed E-state index contributed by atoms with van der Waals surface area (Å²) >= 11 is 0. The number of likely N-dealkylation sites (tertiary alicyclic amines) is 1. The molecule has 2 nitrogen and oxygen atoms in total. The van der Waals surface area contributed by atoms with E-state index in [0.29, 0.717) is 5.41 Å². The van der Waals surface area contributed by atoms with Crippen LogP contribution in [0, 0.1) is 5.41 Å². The van der Waals surface area contributed by atoms with Crippen LogP contribution in [0.5, 0.6) is 0 Å². The van der Waals surface area contributed by atoms with E-state index in [1.807, 2.05) is 0 Å². The third-order valence-electron chi connectivity index (χ3n) is 5.11. The molecule has 2 heteroatoms. The van der Waals surface area contributed by atoms with E-state index in [4.69, 9.17) is 0 Å². The first-order chi connectivity index (χ1) is 8.22. The van der Waals surface area contributed by atoms with Crippen LogP contribution in [-0.4, -0.2) is 37.1 Å². The molecule has 0 amide bonds. The number of hydrogen-bond acceptors (Lipinski definition) is 2. The van der Waals surface area contributed by atoms with Crippen LogP contribution in [0.4, 0.5) is 0 Å². The molecular weight excluding hydrogens is 208 g/mol. The van der Waals surface area contributed by atoms with Gasteiger partial charge in [-0.3, -0.25) is 0 Å². The molecule has 0 aromatic heterocycles. The second-order valence-corrected chi connectivity index (χ2v) is 6.44. The molecule has 1 unspecified atom stereocenters. The average Bonchev–Trinajstić information content (AvgIpc) is 2.85. The van der Waals surface area contributed by atoms with Gasteiger partial charge in [0, 0.05) is 6.04 Å². The molecule has 2 aliphatic heterocycles. The van der Waals surface area contributed by atoms with Crippen LogP contribution in [0.15, 0.2) is 0 Å². The van der Waals surface area contributed by atoms with E-state index in [0.717, 1.165) is 6.04 Å². The van der Waals surface area contributed by atoms with E-state index < -0.39 is 0 Å². The van der Waals surface area contributed by atoms with Crippen LogP contribution in [0.2, 0.25) is 0 Å². The van der Waals surface area contributed by atoms with Gasteiger partial charge in [-0.15, -0.1) is 0 Å². The number of piperidine rings is 1. The van der Waals surface area contributed by atoms with Crippen molar-refractivity contribution < 1.29 is 0 Å². The molecule has 2 heterocycles. The van der Waals surface area contributed by atoms with Gasteiger partial charge in [-0.1, -0.05) is 20.3 Å². The lowest BCUT2D eigenvalue weighted by Crippen LogP contribution is -2.39. The predicted molar refractivity (Wildman–Crippen MR) is 74.3 cm³/mol. The molecule has 2 rings (SSSR count). The molecule has 2 saturated heterocycles. The number of nitrogens with zero attached hydrogens (tertiary/aromatic N) is 1. The third-order valence-corrected chi connectivity index (χ3v) is 5.11. The molecule has 2 aliphatic rings. The summed E-state index contributed by atoms with van der Waals surface area (Å²) in [6.45, 7) is 10.1. The maximum atomic E-state index is 3.60. The number of hydrogen-bond donors (Lipinski definition) is 1. The van der Waals surface area contributed by atoms with E-state index in [1.54, 1.807) is 0 Å². The van der Waals surface area contributed by atoms with Crippen LogP contribution in [0.1, 0.15) is 58.8 Å². The van der Waals surface area contributed by atoms with Crippen molar-refractivity contribution in [1.82, 2.24) is 10.2 Å². The van der Waals surface area contributed by atoms with E-state index >= 15 is 0 Å². The summed E-state index contributed by atoms with van der Waals surface area (Å²) in [5.74, 6) is 0. The molecule has 0 spiro atoms. The zero-order valence-electron chi connectivity index (χ0n) is 11.8. The number of rotatable bonds is 5. The second-order valence-electron chi connectivity index (χ2n) is 6.44. The molecule has 1 N–H and O–H groups in total. The van der Waals surface area contributed by atoms with Gasteiger partial charge in [0.05, 0.1) is 0 Å². The molecule has 0 aromatic rings. The van der Waals surface area contributed by atoms with Crippen LogP contribution in [0.3, 0.4) is 0 Å². The summed E-state index contributed by atoms with van der Waals surface area (Å²) in [6, 6.07) is 0.834. The molecule has 0 aliphatic carbocycles. The average molecular weight is 238 g/mol. The first-order valence-corrected chi connectivity index (χ1v) is 7.68. The van der Waals surface area contributed by atoms with Gasteiger partial charge in [-0.05, 0) is 70.1 Å². The highest BCUT2D eigenvalue weighted by molar-refractivity contribution is 4.81. The molecule has 2 fully saturated rings. The highest BCUT2D eigenvalue weighted by Crippen LogP contribution is 2.33. The van der Waals surface area contributed by atoms with Crippen LogP contribution in [-0.2, 0) is 0 Å². The Morgan fingerprint density at radius 3 is 2.65 bits per heavy atom. The molecule has 0 bridgehead atoms. The summed E-state index contributed by atoms with van der Waals surface area (Å²) in [6.07, 6.45) is 9.75. The van der Waals surface area contributed by atoms with Gasteiger partial charge in [0.1, 0.15) is 0 Å². The first kappa shape index (κ1) is 13.4. The fourth-order valence-electron chi connectivity index (χ4n) is 3.23. The lowest BCUT2D eigenvalue weighted by molar-refractivity contribution is 0.113. The van der Waals surface area contributed by atoms with E-state index in [9.17, 15) is 0 Å². The summed E-state index contributed by atoms with van der Waals surface area (Å²) in [7, 11) is 0. The van der Waals surface area contributed by atoms with Gasteiger partial charge >= 0.3 is 0 Å². The fourth-order valence-corrected chi connectivity index (χ4v) is 3.23. The Kier molecular flexibility index (Phi) is 4.87. The minimum absolute atomic E-state index is 0.642. The molecule has 0 aromatic carbocycles. The van der Waals surface area contributed by atoms with Gasteiger partial charge in [0.15, 0.2) is 0 Å². The topological polar surface area (TPSA) is 15.3 Å². The summed E-state index contributed by atoms with van der Waals surface area (Å²) in [4.78, 5) is 2.69. The van der Waals surface area contributed by atoms with Gasteiger partial charge in [-0.25, -0.2) is 0 Å². The number of nitrogens with one attached hydrogen (secondary N) is 1. The Labute approximate surface area is 107 Å². The van der Waals surface area contributed by atoms with E-state index in [2.05, 4.69) is 24.1 Å². The Balaban J connectivity index is 1.58. The fraction of sp³-hybridized carbons (Fsp3) is 1.00. The zero-order valence-corrected chi connectivity index (χ0v) is 11.8. The third kappa shape index (κ3) is 3.96. The normalized spacial score (nSPS) is 29.6. The predicted octanol–water partition coefficient (Wildman–Crippen LogP) is 3.03. The molecule has 0 saturated carbocycles. The Morgan fingerprint density at radius 1 is 1.29 bits per heavy atom. The summed E-state index contributed by atoms with van der Waals surface area (Å²) in [5, 5.41) is 3.60. The van der Waals surface area contributed by atoms with Crippen molar-refractivity contribution >= 4 is 0 Å². The Hall–Kier alpha value is -0.0800. The highest BCUT2D eigenvalue weighted by atomic mass is 15.1. The van der Waals surface area contributed by atoms with Crippen molar-refractivity contribution in [3.05, 3.63) is 0 Å². The van der Waals surface area contributed by atoms with Crippen molar-refractivity contribution in [3.8, 4) is 0 Å². The molecule has 0 radical (unpaired) electrons. The summed E-state index contributed by atoms with van der Waals surface area (Å²) < 4.78 is 0. The van der Waals surface area contributed by atoms with Crippen LogP contribution < -0.4 is 5.32 Å². The molecule has 17 heavy (non-hydrogen) atoms. The van der Waals surface area contributed by atoms with Crippen LogP contribution in [0.25, 0.3) is 0 Å². The minimum atomic E-state index is 0.642. The maximum Gasteiger partial charge on any atom is 0.00680 e. The Bertz CT molecular complexity index is 213.